The molecule has 2 amide bonds. The van der Waals surface area contributed by atoms with Crippen LogP contribution in [-0.4, -0.2) is 72.9 Å². The molecule has 1 aliphatic heterocycles. The maximum Gasteiger partial charge on any atom is 0.317 e. The van der Waals surface area contributed by atoms with E-state index in [0.717, 1.165) is 25.3 Å². The summed E-state index contributed by atoms with van der Waals surface area (Å²) in [4.78, 5) is 16.4. The Labute approximate surface area is 150 Å². The van der Waals surface area contributed by atoms with Gasteiger partial charge in [-0.05, 0) is 51.4 Å². The zero-order valence-corrected chi connectivity index (χ0v) is 15.6. The Morgan fingerprint density at radius 2 is 2.04 bits per heavy atom. The number of ether oxygens (including phenoxy) is 1. The Balaban J connectivity index is 1.74. The molecule has 0 saturated carbocycles. The third-order valence-electron chi connectivity index (χ3n) is 4.51. The molecule has 2 N–H and O–H groups in total. The molecule has 0 spiro atoms. The fourth-order valence-corrected chi connectivity index (χ4v) is 3.02. The van der Waals surface area contributed by atoms with Crippen LogP contribution in [-0.2, 0) is 6.42 Å². The van der Waals surface area contributed by atoms with E-state index in [-0.39, 0.29) is 24.8 Å². The molecule has 1 saturated heterocycles. The molecule has 0 aromatic heterocycles. The van der Waals surface area contributed by atoms with Gasteiger partial charge in [0.15, 0.2) is 0 Å². The Hall–Kier alpha value is -1.79. The molecule has 6 heteroatoms. The van der Waals surface area contributed by atoms with Gasteiger partial charge in [-0.25, -0.2) is 4.79 Å². The maximum absolute atomic E-state index is 12.3. The summed E-state index contributed by atoms with van der Waals surface area (Å²) in [6.07, 6.45) is 1.66. The third-order valence-corrected chi connectivity index (χ3v) is 4.51. The molecule has 1 aromatic carbocycles. The van der Waals surface area contributed by atoms with Gasteiger partial charge in [-0.3, -0.25) is 4.90 Å². The van der Waals surface area contributed by atoms with Gasteiger partial charge in [-0.2, -0.15) is 0 Å². The molecule has 25 heavy (non-hydrogen) atoms. The predicted octanol–water partition coefficient (Wildman–Crippen LogP) is 1.72. The molecule has 1 heterocycles. The molecule has 0 aliphatic carbocycles. The molecular formula is C19H31N3O3. The first-order valence-electron chi connectivity index (χ1n) is 9.09. The van der Waals surface area contributed by atoms with Crippen molar-refractivity contribution in [3.05, 3.63) is 29.8 Å². The lowest BCUT2D eigenvalue weighted by Crippen LogP contribution is -2.55. The molecule has 1 atom stereocenters. The SMILES string of the molecule is CC(C)Oc1ccc(CCNC(=O)N2CCN(C)C(CCO)C2)cc1. The van der Waals surface area contributed by atoms with Gasteiger partial charge in [0.1, 0.15) is 5.75 Å². The average molecular weight is 349 g/mol. The van der Waals surface area contributed by atoms with Crippen LogP contribution in [0.3, 0.4) is 0 Å². The van der Waals surface area contributed by atoms with Crippen molar-refractivity contribution in [3.63, 3.8) is 0 Å². The highest BCUT2D eigenvalue weighted by atomic mass is 16.5. The van der Waals surface area contributed by atoms with E-state index in [9.17, 15) is 4.79 Å². The van der Waals surface area contributed by atoms with Gasteiger partial charge in [-0.1, -0.05) is 12.1 Å². The summed E-state index contributed by atoms with van der Waals surface area (Å²) in [6, 6.07) is 8.23. The Kier molecular flexibility index (Phi) is 7.52. The summed E-state index contributed by atoms with van der Waals surface area (Å²) in [6.45, 7) is 7.02. The summed E-state index contributed by atoms with van der Waals surface area (Å²) < 4.78 is 5.63. The van der Waals surface area contributed by atoms with Crippen molar-refractivity contribution in [2.75, 3.05) is 39.8 Å². The van der Waals surface area contributed by atoms with Gasteiger partial charge in [-0.15, -0.1) is 0 Å². The van der Waals surface area contributed by atoms with Crippen molar-refractivity contribution in [3.8, 4) is 5.75 Å². The minimum atomic E-state index is -0.0178. The molecule has 1 fully saturated rings. The van der Waals surface area contributed by atoms with Gasteiger partial charge in [0.2, 0.25) is 0 Å². The summed E-state index contributed by atoms with van der Waals surface area (Å²) >= 11 is 0. The first-order chi connectivity index (χ1) is 12.0. The lowest BCUT2D eigenvalue weighted by Gasteiger charge is -2.39. The van der Waals surface area contributed by atoms with Crippen LogP contribution in [0.25, 0.3) is 0 Å². The van der Waals surface area contributed by atoms with E-state index < -0.39 is 0 Å². The van der Waals surface area contributed by atoms with Crippen LogP contribution in [0.2, 0.25) is 0 Å². The van der Waals surface area contributed by atoms with Gasteiger partial charge in [0, 0.05) is 38.8 Å². The number of nitrogens with one attached hydrogen (secondary N) is 1. The van der Waals surface area contributed by atoms with Gasteiger partial charge < -0.3 is 20.1 Å². The number of carbonyl (C=O) groups is 1. The Bertz CT molecular complexity index is 533. The number of carbonyl (C=O) groups excluding carboxylic acids is 1. The number of aliphatic hydroxyl groups is 1. The topological polar surface area (TPSA) is 65.0 Å². The Morgan fingerprint density at radius 3 is 2.68 bits per heavy atom. The molecule has 6 nitrogen and oxygen atoms in total. The lowest BCUT2D eigenvalue weighted by atomic mass is 10.1. The number of hydrogen-bond acceptors (Lipinski definition) is 4. The maximum atomic E-state index is 12.3. The summed E-state index contributed by atoms with van der Waals surface area (Å²) in [5.41, 5.74) is 1.17. The van der Waals surface area contributed by atoms with E-state index in [4.69, 9.17) is 9.84 Å². The minimum absolute atomic E-state index is 0.0178. The number of rotatable bonds is 7. The molecule has 1 unspecified atom stereocenters. The molecule has 1 aromatic rings. The van der Waals surface area contributed by atoms with Crippen molar-refractivity contribution >= 4 is 6.03 Å². The van der Waals surface area contributed by atoms with E-state index in [1.165, 1.54) is 5.56 Å². The molecule has 2 rings (SSSR count). The molecule has 0 radical (unpaired) electrons. The van der Waals surface area contributed by atoms with Crippen LogP contribution >= 0.6 is 0 Å². The lowest BCUT2D eigenvalue weighted by molar-refractivity contribution is 0.0928. The second-order valence-electron chi connectivity index (χ2n) is 6.89. The smallest absolute Gasteiger partial charge is 0.317 e. The van der Waals surface area contributed by atoms with Crippen molar-refractivity contribution in [2.45, 2.75) is 38.8 Å². The third kappa shape index (κ3) is 6.21. The van der Waals surface area contributed by atoms with E-state index in [1.807, 2.05) is 50.1 Å². The highest BCUT2D eigenvalue weighted by molar-refractivity contribution is 5.74. The fraction of sp³-hybridized carbons (Fsp3) is 0.632. The molecule has 140 valence electrons. The van der Waals surface area contributed by atoms with Crippen LogP contribution in [0.1, 0.15) is 25.8 Å². The number of hydrogen-bond donors (Lipinski definition) is 2. The first-order valence-corrected chi connectivity index (χ1v) is 9.09. The van der Waals surface area contributed by atoms with E-state index in [0.29, 0.717) is 19.5 Å². The summed E-state index contributed by atoms with van der Waals surface area (Å²) in [5, 5.41) is 12.1. The zero-order valence-electron chi connectivity index (χ0n) is 15.6. The van der Waals surface area contributed by atoms with E-state index in [1.54, 1.807) is 0 Å². The Morgan fingerprint density at radius 1 is 1.32 bits per heavy atom. The van der Waals surface area contributed by atoms with Crippen molar-refractivity contribution < 1.29 is 14.6 Å². The first kappa shape index (κ1) is 19.5. The van der Waals surface area contributed by atoms with E-state index >= 15 is 0 Å². The van der Waals surface area contributed by atoms with Crippen molar-refractivity contribution in [2.24, 2.45) is 0 Å². The quantitative estimate of drug-likeness (QED) is 0.787. The van der Waals surface area contributed by atoms with Crippen LogP contribution in [0.15, 0.2) is 24.3 Å². The normalized spacial score (nSPS) is 18.4. The van der Waals surface area contributed by atoms with Crippen LogP contribution in [0.5, 0.6) is 5.75 Å². The summed E-state index contributed by atoms with van der Waals surface area (Å²) in [5.74, 6) is 0.871. The van der Waals surface area contributed by atoms with Crippen molar-refractivity contribution in [1.29, 1.82) is 0 Å². The fourth-order valence-electron chi connectivity index (χ4n) is 3.02. The number of piperazine rings is 1. The van der Waals surface area contributed by atoms with Crippen LogP contribution in [0, 0.1) is 0 Å². The second-order valence-corrected chi connectivity index (χ2v) is 6.89. The summed E-state index contributed by atoms with van der Waals surface area (Å²) in [7, 11) is 2.04. The zero-order chi connectivity index (χ0) is 18.2. The number of urea groups is 1. The number of aliphatic hydroxyl groups excluding tert-OH is 1. The number of amides is 2. The van der Waals surface area contributed by atoms with Gasteiger partial charge in [0.05, 0.1) is 6.10 Å². The molecular weight excluding hydrogens is 318 g/mol. The predicted molar refractivity (Wildman–Crippen MR) is 99.0 cm³/mol. The van der Waals surface area contributed by atoms with Crippen molar-refractivity contribution in [1.82, 2.24) is 15.1 Å². The number of benzene rings is 1. The standard InChI is InChI=1S/C19H31N3O3/c1-15(2)25-18-6-4-16(5-7-18)8-10-20-19(24)22-12-11-21(3)17(14-22)9-13-23/h4-7,15,17,23H,8-14H2,1-3H3,(H,20,24). The largest absolute Gasteiger partial charge is 0.491 e. The van der Waals surface area contributed by atoms with Gasteiger partial charge in [0.25, 0.3) is 0 Å². The number of nitrogens with zero attached hydrogens (tertiary/aromatic N) is 2. The van der Waals surface area contributed by atoms with E-state index in [2.05, 4.69) is 10.2 Å². The van der Waals surface area contributed by atoms with Gasteiger partial charge >= 0.3 is 6.03 Å². The molecule has 0 bridgehead atoms. The van der Waals surface area contributed by atoms with Crippen LogP contribution in [0.4, 0.5) is 4.79 Å². The average Bonchev–Trinajstić information content (AvgIpc) is 2.58. The highest BCUT2D eigenvalue weighted by Crippen LogP contribution is 2.14. The molecule has 1 aliphatic rings. The monoisotopic (exact) mass is 349 g/mol. The second kappa shape index (κ2) is 9.63. The minimum Gasteiger partial charge on any atom is -0.491 e. The number of likely N-dealkylation sites (N-methyl/N-ethyl adjacent to an activating group) is 1. The van der Waals surface area contributed by atoms with Crippen LogP contribution < -0.4 is 10.1 Å². The highest BCUT2D eigenvalue weighted by Gasteiger charge is 2.26.